The molecular weight excluding hydrogens is 388 g/mol. The number of carbonyl (C=O) groups excluding carboxylic acids is 2. The second kappa shape index (κ2) is 7.42. The molecule has 2 rings (SSSR count). The quantitative estimate of drug-likeness (QED) is 0.784. The van der Waals surface area contributed by atoms with Crippen molar-refractivity contribution >= 4 is 27.9 Å². The first-order valence-corrected chi connectivity index (χ1v) is 8.19. The molecule has 1 aliphatic rings. The van der Waals surface area contributed by atoms with E-state index in [0.717, 1.165) is 4.90 Å². The molecule has 24 heavy (non-hydrogen) atoms. The van der Waals surface area contributed by atoms with Crippen LogP contribution in [0.4, 0.5) is 13.6 Å². The molecule has 2 heterocycles. The van der Waals surface area contributed by atoms with Gasteiger partial charge in [0, 0.05) is 13.5 Å². The number of pyridine rings is 1. The first-order chi connectivity index (χ1) is 11.2. The van der Waals surface area contributed by atoms with E-state index in [1.807, 2.05) is 0 Å². The molecule has 0 saturated carbocycles. The van der Waals surface area contributed by atoms with Gasteiger partial charge in [-0.3, -0.25) is 4.79 Å². The van der Waals surface area contributed by atoms with Crippen LogP contribution in [0, 0.1) is 6.92 Å². The number of piperidine rings is 1. The number of alkyl carbamates (subject to hydrolysis) is 1. The average molecular weight is 406 g/mol. The van der Waals surface area contributed by atoms with Crippen molar-refractivity contribution in [1.82, 2.24) is 15.2 Å². The first kappa shape index (κ1) is 18.6. The number of alkyl halides is 2. The van der Waals surface area contributed by atoms with Crippen molar-refractivity contribution in [3.05, 3.63) is 28.0 Å². The molecule has 9 heteroatoms. The lowest BCUT2D eigenvalue weighted by Gasteiger charge is -2.39. The van der Waals surface area contributed by atoms with Crippen LogP contribution >= 0.6 is 15.9 Å². The summed E-state index contributed by atoms with van der Waals surface area (Å²) < 4.78 is 33.0. The SMILES string of the molecule is CNC(=O)OCC1CCC(F)(F)CN1C(=O)c1nc(Br)ccc1C. The summed E-state index contributed by atoms with van der Waals surface area (Å²) in [6, 6.07) is 2.74. The summed E-state index contributed by atoms with van der Waals surface area (Å²) in [5.74, 6) is -3.57. The van der Waals surface area contributed by atoms with Crippen LogP contribution in [-0.4, -0.2) is 54.0 Å². The van der Waals surface area contributed by atoms with Crippen molar-refractivity contribution in [3.8, 4) is 0 Å². The van der Waals surface area contributed by atoms with Crippen LogP contribution in [0.15, 0.2) is 16.7 Å². The summed E-state index contributed by atoms with van der Waals surface area (Å²) in [5, 5.41) is 2.28. The molecule has 1 aromatic heterocycles. The predicted octanol–water partition coefficient (Wildman–Crippen LogP) is 2.75. The van der Waals surface area contributed by atoms with Gasteiger partial charge in [-0.15, -0.1) is 0 Å². The van der Waals surface area contributed by atoms with Crippen molar-refractivity contribution in [2.45, 2.75) is 31.7 Å². The third-order valence-corrected chi connectivity index (χ3v) is 4.26. The Balaban J connectivity index is 2.24. The molecule has 1 N–H and O–H groups in total. The number of nitrogens with one attached hydrogen (secondary N) is 1. The molecule has 1 aromatic rings. The lowest BCUT2D eigenvalue weighted by Crippen LogP contribution is -2.53. The molecule has 0 bridgehead atoms. The molecule has 1 unspecified atom stereocenters. The minimum Gasteiger partial charge on any atom is -0.447 e. The lowest BCUT2D eigenvalue weighted by molar-refractivity contribution is -0.0791. The van der Waals surface area contributed by atoms with Gasteiger partial charge in [-0.1, -0.05) is 6.07 Å². The van der Waals surface area contributed by atoms with Gasteiger partial charge >= 0.3 is 6.09 Å². The highest BCUT2D eigenvalue weighted by Crippen LogP contribution is 2.31. The van der Waals surface area contributed by atoms with Crippen LogP contribution in [0.2, 0.25) is 0 Å². The molecule has 1 aliphatic heterocycles. The first-order valence-electron chi connectivity index (χ1n) is 7.40. The number of nitrogens with zero attached hydrogens (tertiary/aromatic N) is 2. The number of rotatable bonds is 3. The fourth-order valence-electron chi connectivity index (χ4n) is 2.50. The molecule has 132 valence electrons. The number of amides is 2. The minimum absolute atomic E-state index is 0.0444. The number of hydrogen-bond acceptors (Lipinski definition) is 4. The van der Waals surface area contributed by atoms with E-state index in [0.29, 0.717) is 10.2 Å². The van der Waals surface area contributed by atoms with E-state index >= 15 is 0 Å². The summed E-state index contributed by atoms with van der Waals surface area (Å²) in [5.41, 5.74) is 0.690. The van der Waals surface area contributed by atoms with Crippen LogP contribution in [0.5, 0.6) is 0 Å². The molecule has 2 amide bonds. The molecule has 0 spiro atoms. The van der Waals surface area contributed by atoms with E-state index in [-0.39, 0.29) is 25.1 Å². The van der Waals surface area contributed by atoms with Crippen molar-refractivity contribution in [1.29, 1.82) is 0 Å². The maximum Gasteiger partial charge on any atom is 0.406 e. The van der Waals surface area contributed by atoms with Gasteiger partial charge in [0.1, 0.15) is 16.9 Å². The number of likely N-dealkylation sites (tertiary alicyclic amines) is 1. The van der Waals surface area contributed by atoms with Gasteiger partial charge in [-0.25, -0.2) is 18.6 Å². The van der Waals surface area contributed by atoms with E-state index < -0.39 is 30.5 Å². The standard InChI is InChI=1S/C15H18BrF2N3O3/c1-9-3-4-11(16)20-12(9)13(22)21-8-15(17,18)6-5-10(21)7-24-14(23)19-2/h3-4,10H,5-8H2,1-2H3,(H,19,23). The van der Waals surface area contributed by atoms with E-state index in [2.05, 4.69) is 26.2 Å². The highest BCUT2D eigenvalue weighted by atomic mass is 79.9. The monoisotopic (exact) mass is 405 g/mol. The fraction of sp³-hybridized carbons (Fsp3) is 0.533. The van der Waals surface area contributed by atoms with Crippen LogP contribution < -0.4 is 5.32 Å². The Morgan fingerprint density at radius 2 is 2.21 bits per heavy atom. The zero-order valence-corrected chi connectivity index (χ0v) is 14.9. The summed E-state index contributed by atoms with van der Waals surface area (Å²) >= 11 is 3.18. The Morgan fingerprint density at radius 3 is 2.88 bits per heavy atom. The van der Waals surface area contributed by atoms with Gasteiger partial charge in [0.05, 0.1) is 12.6 Å². The molecular formula is C15H18BrF2N3O3. The van der Waals surface area contributed by atoms with Crippen LogP contribution in [0.3, 0.4) is 0 Å². The Morgan fingerprint density at radius 1 is 1.50 bits per heavy atom. The Hall–Kier alpha value is -1.77. The zero-order chi connectivity index (χ0) is 17.9. The van der Waals surface area contributed by atoms with Crippen LogP contribution in [0.25, 0.3) is 0 Å². The van der Waals surface area contributed by atoms with Gasteiger partial charge < -0.3 is 15.0 Å². The summed E-state index contributed by atoms with van der Waals surface area (Å²) in [7, 11) is 1.40. The second-order valence-electron chi connectivity index (χ2n) is 5.63. The van der Waals surface area contributed by atoms with Crippen molar-refractivity contribution < 1.29 is 23.1 Å². The number of ether oxygens (including phenoxy) is 1. The highest BCUT2D eigenvalue weighted by Gasteiger charge is 2.43. The van der Waals surface area contributed by atoms with Crippen molar-refractivity contribution in [2.24, 2.45) is 0 Å². The van der Waals surface area contributed by atoms with Crippen molar-refractivity contribution in [2.75, 3.05) is 20.2 Å². The topological polar surface area (TPSA) is 71.5 Å². The highest BCUT2D eigenvalue weighted by molar-refractivity contribution is 9.10. The van der Waals surface area contributed by atoms with Crippen LogP contribution in [-0.2, 0) is 4.74 Å². The van der Waals surface area contributed by atoms with Crippen molar-refractivity contribution in [3.63, 3.8) is 0 Å². The molecule has 1 saturated heterocycles. The summed E-state index contributed by atoms with van der Waals surface area (Å²) in [6.45, 7) is 0.820. The number of aromatic nitrogens is 1. The van der Waals surface area contributed by atoms with E-state index in [4.69, 9.17) is 4.74 Å². The number of carbonyl (C=O) groups is 2. The normalized spacial score (nSPS) is 19.7. The number of aryl methyl sites for hydroxylation is 1. The van der Waals surface area contributed by atoms with E-state index in [1.54, 1.807) is 19.1 Å². The largest absolute Gasteiger partial charge is 0.447 e. The molecule has 0 aliphatic carbocycles. The number of hydrogen-bond donors (Lipinski definition) is 1. The third-order valence-electron chi connectivity index (χ3n) is 3.82. The predicted molar refractivity (Wildman–Crippen MR) is 86.1 cm³/mol. The molecule has 0 radical (unpaired) electrons. The van der Waals surface area contributed by atoms with E-state index in [9.17, 15) is 18.4 Å². The second-order valence-corrected chi connectivity index (χ2v) is 6.44. The van der Waals surface area contributed by atoms with Gasteiger partial charge in [0.25, 0.3) is 11.8 Å². The Bertz CT molecular complexity index is 642. The van der Waals surface area contributed by atoms with Crippen LogP contribution in [0.1, 0.15) is 28.9 Å². The number of halogens is 3. The zero-order valence-electron chi connectivity index (χ0n) is 13.3. The van der Waals surface area contributed by atoms with Gasteiger partial charge in [-0.2, -0.15) is 0 Å². The lowest BCUT2D eigenvalue weighted by atomic mass is 9.98. The Labute approximate surface area is 146 Å². The van der Waals surface area contributed by atoms with Gasteiger partial charge in [0.15, 0.2) is 0 Å². The minimum atomic E-state index is -2.97. The molecule has 1 atom stereocenters. The molecule has 1 fully saturated rings. The molecule has 0 aromatic carbocycles. The smallest absolute Gasteiger partial charge is 0.406 e. The summed E-state index contributed by atoms with van der Waals surface area (Å²) in [6.07, 6.45) is -0.983. The molecule has 6 nitrogen and oxygen atoms in total. The van der Waals surface area contributed by atoms with E-state index in [1.165, 1.54) is 7.05 Å². The fourth-order valence-corrected chi connectivity index (χ4v) is 2.81. The van der Waals surface area contributed by atoms with Gasteiger partial charge in [-0.05, 0) is 40.9 Å². The summed E-state index contributed by atoms with van der Waals surface area (Å²) in [4.78, 5) is 29.1. The maximum absolute atomic E-state index is 13.8. The Kier molecular flexibility index (Phi) is 5.74. The average Bonchev–Trinajstić information content (AvgIpc) is 2.54. The van der Waals surface area contributed by atoms with Gasteiger partial charge in [0.2, 0.25) is 0 Å². The third kappa shape index (κ3) is 4.40. The maximum atomic E-state index is 13.8.